The Morgan fingerprint density at radius 1 is 1.62 bits per heavy atom. The van der Waals surface area contributed by atoms with E-state index in [1.54, 1.807) is 7.05 Å². The molecule has 1 aromatic heterocycles. The molecule has 1 unspecified atom stereocenters. The summed E-state index contributed by atoms with van der Waals surface area (Å²) in [5.74, 6) is 0. The molecule has 0 saturated carbocycles. The van der Waals surface area contributed by atoms with E-state index in [2.05, 4.69) is 5.10 Å². The van der Waals surface area contributed by atoms with E-state index in [4.69, 9.17) is 5.11 Å². The van der Waals surface area contributed by atoms with Gasteiger partial charge in [-0.25, -0.2) is 8.42 Å². The fraction of sp³-hybridized carbons (Fsp3) is 0.667. The number of rotatable bonds is 3. The Morgan fingerprint density at radius 3 is 2.94 bits per heavy atom. The lowest BCUT2D eigenvalue weighted by molar-refractivity contribution is 0.213. The van der Waals surface area contributed by atoms with Gasteiger partial charge in [0.05, 0.1) is 12.8 Å². The number of sulfonamides is 1. The Hall–Kier alpha value is -0.920. The predicted molar refractivity (Wildman–Crippen MR) is 57.2 cm³/mol. The number of aliphatic hydroxyl groups excluding tert-OH is 1. The summed E-state index contributed by atoms with van der Waals surface area (Å²) < 4.78 is 27.2. The highest BCUT2D eigenvalue weighted by molar-refractivity contribution is 7.89. The fourth-order valence-corrected chi connectivity index (χ4v) is 3.65. The molecule has 1 atom stereocenters. The van der Waals surface area contributed by atoms with Gasteiger partial charge in [0.15, 0.2) is 0 Å². The second-order valence-corrected chi connectivity index (χ2v) is 5.83. The van der Waals surface area contributed by atoms with Gasteiger partial charge in [0.25, 0.3) is 0 Å². The first-order valence-corrected chi connectivity index (χ1v) is 6.61. The van der Waals surface area contributed by atoms with E-state index in [0.717, 1.165) is 12.8 Å². The van der Waals surface area contributed by atoms with E-state index in [9.17, 15) is 8.42 Å². The lowest BCUT2D eigenvalue weighted by atomic mass is 10.2. The molecule has 1 aliphatic rings. The Labute approximate surface area is 94.5 Å². The van der Waals surface area contributed by atoms with Crippen LogP contribution in [0.25, 0.3) is 0 Å². The maximum Gasteiger partial charge on any atom is 0.246 e. The average molecular weight is 245 g/mol. The van der Waals surface area contributed by atoms with Crippen molar-refractivity contribution in [3.8, 4) is 0 Å². The van der Waals surface area contributed by atoms with Gasteiger partial charge in [-0.2, -0.15) is 9.40 Å². The third kappa shape index (κ3) is 1.85. The molecule has 2 heterocycles. The minimum atomic E-state index is -3.49. The SMILES string of the molecule is Cn1cc(S(=O)(=O)N2CCCC2CO)cn1. The van der Waals surface area contributed by atoms with Crippen LogP contribution in [0, 0.1) is 0 Å². The quantitative estimate of drug-likeness (QED) is 0.783. The molecule has 0 aromatic carbocycles. The molecule has 1 aromatic rings. The Bertz CT molecular complexity index is 468. The summed E-state index contributed by atoms with van der Waals surface area (Å²) in [5.41, 5.74) is 0. The van der Waals surface area contributed by atoms with Crippen LogP contribution in [-0.2, 0) is 17.1 Å². The molecule has 2 rings (SSSR count). The summed E-state index contributed by atoms with van der Waals surface area (Å²) in [7, 11) is -1.82. The molecule has 90 valence electrons. The maximum atomic E-state index is 12.2. The highest BCUT2D eigenvalue weighted by atomic mass is 32.2. The first-order chi connectivity index (χ1) is 7.55. The molecule has 0 radical (unpaired) electrons. The van der Waals surface area contributed by atoms with Gasteiger partial charge < -0.3 is 5.11 Å². The van der Waals surface area contributed by atoms with E-state index in [-0.39, 0.29) is 17.5 Å². The van der Waals surface area contributed by atoms with Crippen LogP contribution in [0.2, 0.25) is 0 Å². The van der Waals surface area contributed by atoms with Gasteiger partial charge in [0, 0.05) is 25.8 Å². The van der Waals surface area contributed by atoms with Gasteiger partial charge in [0.1, 0.15) is 4.90 Å². The van der Waals surface area contributed by atoms with Crippen LogP contribution in [0.15, 0.2) is 17.3 Å². The Balaban J connectivity index is 2.32. The monoisotopic (exact) mass is 245 g/mol. The summed E-state index contributed by atoms with van der Waals surface area (Å²) in [6.45, 7) is 0.349. The fourth-order valence-electron chi connectivity index (χ4n) is 1.98. The van der Waals surface area contributed by atoms with Crippen LogP contribution in [0.1, 0.15) is 12.8 Å². The van der Waals surface area contributed by atoms with Crippen LogP contribution in [0.3, 0.4) is 0 Å². The highest BCUT2D eigenvalue weighted by Crippen LogP contribution is 2.25. The number of hydrogen-bond acceptors (Lipinski definition) is 4. The zero-order valence-electron chi connectivity index (χ0n) is 9.07. The van der Waals surface area contributed by atoms with E-state index in [1.165, 1.54) is 21.4 Å². The van der Waals surface area contributed by atoms with Crippen LogP contribution in [0.5, 0.6) is 0 Å². The molecule has 1 N–H and O–H groups in total. The van der Waals surface area contributed by atoms with Crippen molar-refractivity contribution in [2.24, 2.45) is 7.05 Å². The van der Waals surface area contributed by atoms with Crippen LogP contribution < -0.4 is 0 Å². The smallest absolute Gasteiger partial charge is 0.246 e. The number of aryl methyl sites for hydroxylation is 1. The van der Waals surface area contributed by atoms with Gasteiger partial charge in [-0.05, 0) is 12.8 Å². The largest absolute Gasteiger partial charge is 0.395 e. The number of aromatic nitrogens is 2. The van der Waals surface area contributed by atoms with Crippen molar-refractivity contribution in [3.05, 3.63) is 12.4 Å². The zero-order chi connectivity index (χ0) is 11.8. The summed E-state index contributed by atoms with van der Waals surface area (Å²) in [5, 5.41) is 13.0. The van der Waals surface area contributed by atoms with Gasteiger partial charge in [-0.3, -0.25) is 4.68 Å². The molecule has 7 heteroatoms. The van der Waals surface area contributed by atoms with Crippen molar-refractivity contribution < 1.29 is 13.5 Å². The lowest BCUT2D eigenvalue weighted by Crippen LogP contribution is -2.37. The predicted octanol–water partition coefficient (Wildman–Crippen LogP) is -0.435. The summed E-state index contributed by atoms with van der Waals surface area (Å²) in [6, 6.07) is -0.287. The van der Waals surface area contributed by atoms with Gasteiger partial charge >= 0.3 is 0 Å². The van der Waals surface area contributed by atoms with E-state index < -0.39 is 10.0 Å². The van der Waals surface area contributed by atoms with E-state index in [1.807, 2.05) is 0 Å². The third-order valence-corrected chi connectivity index (χ3v) is 4.73. The minimum absolute atomic E-state index is 0.126. The molecule has 0 aliphatic carbocycles. The van der Waals surface area contributed by atoms with Crippen LogP contribution >= 0.6 is 0 Å². The summed E-state index contributed by atoms with van der Waals surface area (Å²) in [4.78, 5) is 0.190. The molecule has 16 heavy (non-hydrogen) atoms. The molecular weight excluding hydrogens is 230 g/mol. The molecule has 0 amide bonds. The molecule has 1 saturated heterocycles. The van der Waals surface area contributed by atoms with Gasteiger partial charge in [0.2, 0.25) is 10.0 Å². The number of nitrogens with zero attached hydrogens (tertiary/aromatic N) is 3. The lowest BCUT2D eigenvalue weighted by Gasteiger charge is -2.21. The Morgan fingerprint density at radius 2 is 2.38 bits per heavy atom. The maximum absolute atomic E-state index is 12.2. The number of hydrogen-bond donors (Lipinski definition) is 1. The topological polar surface area (TPSA) is 75.4 Å². The van der Waals surface area contributed by atoms with Crippen molar-refractivity contribution in [2.75, 3.05) is 13.2 Å². The number of aliphatic hydroxyl groups is 1. The summed E-state index contributed by atoms with van der Waals surface area (Å²) in [6.07, 6.45) is 4.32. The van der Waals surface area contributed by atoms with Gasteiger partial charge in [-0.15, -0.1) is 0 Å². The second kappa shape index (κ2) is 4.15. The highest BCUT2D eigenvalue weighted by Gasteiger charge is 2.35. The second-order valence-electron chi connectivity index (χ2n) is 3.94. The first kappa shape index (κ1) is 11.6. The van der Waals surface area contributed by atoms with Crippen molar-refractivity contribution >= 4 is 10.0 Å². The standard InChI is InChI=1S/C9H15N3O3S/c1-11-6-9(5-10-11)16(14,15)12-4-2-3-8(12)7-13/h5-6,8,13H,2-4,7H2,1H3. The van der Waals surface area contributed by atoms with Crippen LogP contribution in [-0.4, -0.2) is 46.8 Å². The van der Waals surface area contributed by atoms with Crippen molar-refractivity contribution in [1.82, 2.24) is 14.1 Å². The molecule has 6 nitrogen and oxygen atoms in total. The normalized spacial score (nSPS) is 22.8. The molecule has 1 fully saturated rings. The minimum Gasteiger partial charge on any atom is -0.395 e. The molecular formula is C9H15N3O3S. The molecule has 0 spiro atoms. The van der Waals surface area contributed by atoms with Crippen molar-refractivity contribution in [3.63, 3.8) is 0 Å². The zero-order valence-corrected chi connectivity index (χ0v) is 9.89. The molecule has 0 bridgehead atoms. The first-order valence-electron chi connectivity index (χ1n) is 5.17. The van der Waals surface area contributed by atoms with E-state index in [0.29, 0.717) is 6.54 Å². The van der Waals surface area contributed by atoms with Crippen LogP contribution in [0.4, 0.5) is 0 Å². The molecule has 1 aliphatic heterocycles. The summed E-state index contributed by atoms with van der Waals surface area (Å²) >= 11 is 0. The van der Waals surface area contributed by atoms with E-state index >= 15 is 0 Å². The Kier molecular flexibility index (Phi) is 3.00. The average Bonchev–Trinajstić information content (AvgIpc) is 2.85. The van der Waals surface area contributed by atoms with Gasteiger partial charge in [-0.1, -0.05) is 0 Å². The third-order valence-electron chi connectivity index (χ3n) is 2.82. The van der Waals surface area contributed by atoms with Crippen molar-refractivity contribution in [1.29, 1.82) is 0 Å². The van der Waals surface area contributed by atoms with Crippen molar-refractivity contribution in [2.45, 2.75) is 23.8 Å².